The van der Waals surface area contributed by atoms with Crippen molar-refractivity contribution in [3.05, 3.63) is 64.1 Å². The molecule has 186 valence electrons. The number of nitrogens with one attached hydrogen (secondary N) is 1. The average molecular weight is 529 g/mol. The second-order valence-corrected chi connectivity index (χ2v) is 10.7. The highest BCUT2D eigenvalue weighted by atomic mass is 35.5. The number of sulfonamides is 1. The van der Waals surface area contributed by atoms with Crippen molar-refractivity contribution in [1.82, 2.24) is 10.2 Å². The van der Waals surface area contributed by atoms with Crippen LogP contribution in [0.25, 0.3) is 0 Å². The molecule has 34 heavy (non-hydrogen) atoms. The molecule has 7 nitrogen and oxygen atoms in total. The molecule has 2 aromatic carbocycles. The average Bonchev–Trinajstić information content (AvgIpc) is 2.80. The van der Waals surface area contributed by atoms with Crippen molar-refractivity contribution in [1.29, 1.82) is 0 Å². The molecule has 0 fully saturated rings. The molecule has 2 amide bonds. The zero-order chi connectivity index (χ0) is 25.3. The lowest BCUT2D eigenvalue weighted by atomic mass is 10.1. The maximum Gasteiger partial charge on any atom is 0.242 e. The van der Waals surface area contributed by atoms with Gasteiger partial charge in [0.25, 0.3) is 0 Å². The number of para-hydroxylation sites is 1. The maximum atomic E-state index is 13.2. The summed E-state index contributed by atoms with van der Waals surface area (Å²) in [7, 11) is -3.52. The molecule has 0 radical (unpaired) electrons. The zero-order valence-electron chi connectivity index (χ0n) is 19.6. The number of halogens is 2. The lowest BCUT2D eigenvalue weighted by molar-refractivity contribution is -0.140. The Morgan fingerprint density at radius 2 is 1.74 bits per heavy atom. The topological polar surface area (TPSA) is 86.8 Å². The van der Waals surface area contributed by atoms with Gasteiger partial charge in [0.2, 0.25) is 21.8 Å². The van der Waals surface area contributed by atoms with Crippen LogP contribution in [0, 0.1) is 0 Å². The molecular formula is C24H31Cl2N3O4S. The van der Waals surface area contributed by atoms with E-state index in [1.165, 1.54) is 9.21 Å². The second-order valence-electron chi connectivity index (χ2n) is 8.01. The summed E-state index contributed by atoms with van der Waals surface area (Å²) in [6.45, 7) is 4.45. The summed E-state index contributed by atoms with van der Waals surface area (Å²) in [6.07, 6.45) is 2.28. The predicted molar refractivity (Wildman–Crippen MR) is 138 cm³/mol. The standard InChI is InChI=1S/C24H31Cl2N3O4S/c1-4-14-27-24(31)18(2)28(17-19-12-13-21(25)22(26)16-19)23(30)11-8-15-29(34(3,32)33)20-9-6-5-7-10-20/h5-7,9-10,12-13,16,18H,4,8,11,14-15,17H2,1-3H3,(H,27,31)/t18-/m0/s1. The Morgan fingerprint density at radius 1 is 1.06 bits per heavy atom. The van der Waals surface area contributed by atoms with E-state index < -0.39 is 16.1 Å². The first-order valence-corrected chi connectivity index (χ1v) is 13.7. The molecule has 0 saturated carbocycles. The first-order chi connectivity index (χ1) is 16.0. The quantitative estimate of drug-likeness (QED) is 0.440. The van der Waals surface area contributed by atoms with Gasteiger partial charge in [-0.3, -0.25) is 13.9 Å². The molecule has 10 heteroatoms. The van der Waals surface area contributed by atoms with Crippen molar-refractivity contribution < 1.29 is 18.0 Å². The lowest BCUT2D eigenvalue weighted by Gasteiger charge is -2.29. The molecule has 0 aliphatic rings. The second kappa shape index (κ2) is 13.0. The monoisotopic (exact) mass is 527 g/mol. The summed E-state index contributed by atoms with van der Waals surface area (Å²) in [5.41, 5.74) is 1.28. The van der Waals surface area contributed by atoms with Crippen LogP contribution in [0.2, 0.25) is 10.0 Å². The number of amides is 2. The van der Waals surface area contributed by atoms with E-state index in [4.69, 9.17) is 23.2 Å². The summed E-state index contributed by atoms with van der Waals surface area (Å²) in [5.74, 6) is -0.510. The molecule has 1 N–H and O–H groups in total. The number of hydrogen-bond donors (Lipinski definition) is 1. The molecule has 0 spiro atoms. The van der Waals surface area contributed by atoms with Crippen LogP contribution >= 0.6 is 23.2 Å². The highest BCUT2D eigenvalue weighted by molar-refractivity contribution is 7.92. The molecule has 0 aromatic heterocycles. The van der Waals surface area contributed by atoms with Crippen LogP contribution in [0.3, 0.4) is 0 Å². The van der Waals surface area contributed by atoms with Gasteiger partial charge in [0, 0.05) is 26.1 Å². The van der Waals surface area contributed by atoms with Gasteiger partial charge in [-0.15, -0.1) is 0 Å². The minimum absolute atomic E-state index is 0.0750. The Bertz CT molecular complexity index is 1080. The van der Waals surface area contributed by atoms with E-state index in [1.54, 1.807) is 55.5 Å². The lowest BCUT2D eigenvalue weighted by Crippen LogP contribution is -2.47. The summed E-state index contributed by atoms with van der Waals surface area (Å²) in [6, 6.07) is 13.1. The van der Waals surface area contributed by atoms with E-state index in [2.05, 4.69) is 5.32 Å². The van der Waals surface area contributed by atoms with Gasteiger partial charge in [-0.1, -0.05) is 54.4 Å². The molecule has 0 heterocycles. The SMILES string of the molecule is CCCNC(=O)[C@H](C)N(Cc1ccc(Cl)c(Cl)c1)C(=O)CCCN(c1ccccc1)S(C)(=O)=O. The highest BCUT2D eigenvalue weighted by Gasteiger charge is 2.26. The first kappa shape index (κ1) is 28.0. The normalized spacial score (nSPS) is 12.1. The Labute approximate surface area is 212 Å². The fourth-order valence-electron chi connectivity index (χ4n) is 3.41. The van der Waals surface area contributed by atoms with E-state index in [0.717, 1.165) is 18.2 Å². The fourth-order valence-corrected chi connectivity index (χ4v) is 4.70. The van der Waals surface area contributed by atoms with Gasteiger partial charge in [-0.05, 0) is 49.6 Å². The van der Waals surface area contributed by atoms with E-state index in [0.29, 0.717) is 28.7 Å². The van der Waals surface area contributed by atoms with Crippen LogP contribution in [0.1, 0.15) is 38.7 Å². The summed E-state index contributed by atoms with van der Waals surface area (Å²) >= 11 is 12.1. The van der Waals surface area contributed by atoms with Crippen molar-refractivity contribution in [2.45, 2.75) is 45.7 Å². The van der Waals surface area contributed by atoms with Crippen molar-refractivity contribution in [3.63, 3.8) is 0 Å². The van der Waals surface area contributed by atoms with Gasteiger partial charge in [-0.2, -0.15) is 0 Å². The maximum absolute atomic E-state index is 13.2. The van der Waals surface area contributed by atoms with Crippen molar-refractivity contribution in [2.75, 3.05) is 23.7 Å². The predicted octanol–water partition coefficient (Wildman–Crippen LogP) is 4.48. The third kappa shape index (κ3) is 8.18. The van der Waals surface area contributed by atoms with Crippen LogP contribution in [-0.2, 0) is 26.2 Å². The minimum atomic E-state index is -3.52. The number of anilines is 1. The van der Waals surface area contributed by atoms with E-state index >= 15 is 0 Å². The van der Waals surface area contributed by atoms with Crippen molar-refractivity contribution >= 4 is 50.7 Å². The summed E-state index contributed by atoms with van der Waals surface area (Å²) < 4.78 is 25.9. The van der Waals surface area contributed by atoms with Crippen LogP contribution in [-0.4, -0.2) is 50.5 Å². The largest absolute Gasteiger partial charge is 0.354 e. The smallest absolute Gasteiger partial charge is 0.242 e. The Kier molecular flexibility index (Phi) is 10.7. The van der Waals surface area contributed by atoms with E-state index in [9.17, 15) is 18.0 Å². The molecule has 2 aromatic rings. The van der Waals surface area contributed by atoms with Gasteiger partial charge in [0.15, 0.2) is 0 Å². The molecule has 0 unspecified atom stereocenters. The van der Waals surface area contributed by atoms with Crippen LogP contribution < -0.4 is 9.62 Å². The van der Waals surface area contributed by atoms with Gasteiger partial charge in [0.05, 0.1) is 22.0 Å². The van der Waals surface area contributed by atoms with Gasteiger partial charge in [0.1, 0.15) is 6.04 Å². The van der Waals surface area contributed by atoms with Gasteiger partial charge in [-0.25, -0.2) is 8.42 Å². The van der Waals surface area contributed by atoms with Crippen LogP contribution in [0.15, 0.2) is 48.5 Å². The summed E-state index contributed by atoms with van der Waals surface area (Å²) in [5, 5.41) is 3.59. The number of hydrogen-bond acceptors (Lipinski definition) is 4. The van der Waals surface area contributed by atoms with E-state index in [1.807, 2.05) is 6.92 Å². The van der Waals surface area contributed by atoms with Crippen LogP contribution in [0.4, 0.5) is 5.69 Å². The molecule has 0 saturated heterocycles. The van der Waals surface area contributed by atoms with Crippen molar-refractivity contribution in [2.24, 2.45) is 0 Å². The molecule has 1 atom stereocenters. The van der Waals surface area contributed by atoms with Gasteiger partial charge < -0.3 is 10.2 Å². The highest BCUT2D eigenvalue weighted by Crippen LogP contribution is 2.24. The van der Waals surface area contributed by atoms with E-state index in [-0.39, 0.29) is 31.3 Å². The third-order valence-corrected chi connectivity index (χ3v) is 7.18. The number of carbonyl (C=O) groups excluding carboxylic acids is 2. The number of benzene rings is 2. The molecule has 0 bridgehead atoms. The number of rotatable bonds is 12. The van der Waals surface area contributed by atoms with Gasteiger partial charge >= 0.3 is 0 Å². The third-order valence-electron chi connectivity index (χ3n) is 5.25. The Balaban J connectivity index is 2.16. The minimum Gasteiger partial charge on any atom is -0.354 e. The van der Waals surface area contributed by atoms with Crippen LogP contribution in [0.5, 0.6) is 0 Å². The molecular weight excluding hydrogens is 497 g/mol. The summed E-state index contributed by atoms with van der Waals surface area (Å²) in [4.78, 5) is 27.3. The Hall–Kier alpha value is -2.29. The van der Waals surface area contributed by atoms with Crippen molar-refractivity contribution in [3.8, 4) is 0 Å². The number of nitrogens with zero attached hydrogens (tertiary/aromatic N) is 2. The Morgan fingerprint density at radius 3 is 2.32 bits per heavy atom. The molecule has 0 aliphatic carbocycles. The zero-order valence-corrected chi connectivity index (χ0v) is 22.0. The molecule has 2 rings (SSSR count). The molecule has 0 aliphatic heterocycles. The number of carbonyl (C=O) groups is 2. The fraction of sp³-hybridized carbons (Fsp3) is 0.417. The first-order valence-electron chi connectivity index (χ1n) is 11.1.